The van der Waals surface area contributed by atoms with Crippen LogP contribution in [0.25, 0.3) is 0 Å². The summed E-state index contributed by atoms with van der Waals surface area (Å²) in [7, 11) is 0. The molecule has 0 bridgehead atoms. The first-order valence-corrected chi connectivity index (χ1v) is 5.70. The van der Waals surface area contributed by atoms with Gasteiger partial charge in [-0.05, 0) is 17.7 Å². The Morgan fingerprint density at radius 2 is 2.33 bits per heavy atom. The highest BCUT2D eigenvalue weighted by Crippen LogP contribution is 2.25. The van der Waals surface area contributed by atoms with E-state index >= 15 is 0 Å². The van der Waals surface area contributed by atoms with Gasteiger partial charge in [0.05, 0.1) is 0 Å². The second-order valence-electron chi connectivity index (χ2n) is 2.97. The van der Waals surface area contributed by atoms with E-state index < -0.39 is 0 Å². The Morgan fingerprint density at radius 3 is 3.00 bits per heavy atom. The number of benzene rings is 1. The molecule has 0 radical (unpaired) electrons. The summed E-state index contributed by atoms with van der Waals surface area (Å²) in [6.45, 7) is 0.477. The molecule has 0 saturated heterocycles. The van der Waals surface area contributed by atoms with Gasteiger partial charge in [0.25, 0.3) is 0 Å². The van der Waals surface area contributed by atoms with E-state index in [0.717, 1.165) is 16.4 Å². The van der Waals surface area contributed by atoms with Crippen molar-refractivity contribution in [3.63, 3.8) is 0 Å². The molecular formula is C10H10ClN3S. The van der Waals surface area contributed by atoms with E-state index in [1.54, 1.807) is 6.20 Å². The van der Waals surface area contributed by atoms with E-state index in [0.29, 0.717) is 11.6 Å². The molecule has 1 aromatic heterocycles. The summed E-state index contributed by atoms with van der Waals surface area (Å²) in [6, 6.07) is 5.60. The number of halogens is 1. The zero-order valence-electron chi connectivity index (χ0n) is 7.90. The Morgan fingerprint density at radius 1 is 1.47 bits per heavy atom. The van der Waals surface area contributed by atoms with Crippen LogP contribution in [0.3, 0.4) is 0 Å². The van der Waals surface area contributed by atoms with Gasteiger partial charge in [0.15, 0.2) is 5.13 Å². The van der Waals surface area contributed by atoms with Crippen LogP contribution in [-0.4, -0.2) is 4.98 Å². The number of nitrogens with zero attached hydrogens (tertiary/aromatic N) is 1. The van der Waals surface area contributed by atoms with Gasteiger partial charge in [-0.25, -0.2) is 4.98 Å². The fourth-order valence-electron chi connectivity index (χ4n) is 1.24. The summed E-state index contributed by atoms with van der Waals surface area (Å²) < 4.78 is 0. The summed E-state index contributed by atoms with van der Waals surface area (Å²) in [5.74, 6) is 0. The first kappa shape index (κ1) is 10.4. The SMILES string of the molecule is NCc1ccc(Cl)cc1Nc1nccs1. The molecule has 0 amide bonds. The Labute approximate surface area is 96.9 Å². The quantitative estimate of drug-likeness (QED) is 0.866. The van der Waals surface area contributed by atoms with E-state index in [2.05, 4.69) is 10.3 Å². The first-order chi connectivity index (χ1) is 7.29. The van der Waals surface area contributed by atoms with Crippen molar-refractivity contribution in [3.05, 3.63) is 40.4 Å². The standard InChI is InChI=1S/C10H10ClN3S/c11-8-2-1-7(6-12)9(5-8)14-10-13-3-4-15-10/h1-5H,6,12H2,(H,13,14). The molecule has 0 spiro atoms. The Balaban J connectivity index is 2.30. The minimum atomic E-state index is 0.477. The normalized spacial score (nSPS) is 10.3. The lowest BCUT2D eigenvalue weighted by Gasteiger charge is -2.08. The van der Waals surface area contributed by atoms with Gasteiger partial charge in [0, 0.05) is 28.8 Å². The largest absolute Gasteiger partial charge is 0.331 e. The van der Waals surface area contributed by atoms with Crippen molar-refractivity contribution < 1.29 is 0 Å². The van der Waals surface area contributed by atoms with Gasteiger partial charge in [-0.2, -0.15) is 0 Å². The van der Waals surface area contributed by atoms with Crippen LogP contribution in [0.15, 0.2) is 29.8 Å². The average Bonchev–Trinajstić information content (AvgIpc) is 2.71. The van der Waals surface area contributed by atoms with E-state index in [1.165, 1.54) is 11.3 Å². The number of hydrogen-bond donors (Lipinski definition) is 2. The molecule has 1 heterocycles. The van der Waals surface area contributed by atoms with E-state index in [9.17, 15) is 0 Å². The summed E-state index contributed by atoms with van der Waals surface area (Å²) in [5, 5.41) is 6.63. The van der Waals surface area contributed by atoms with E-state index in [-0.39, 0.29) is 0 Å². The molecule has 3 N–H and O–H groups in total. The molecule has 2 aromatic rings. The zero-order valence-corrected chi connectivity index (χ0v) is 9.48. The smallest absolute Gasteiger partial charge is 0.187 e. The molecule has 5 heteroatoms. The minimum absolute atomic E-state index is 0.477. The molecule has 3 nitrogen and oxygen atoms in total. The number of aromatic nitrogens is 1. The maximum Gasteiger partial charge on any atom is 0.187 e. The molecule has 0 atom stereocenters. The molecule has 78 valence electrons. The third-order valence-electron chi connectivity index (χ3n) is 1.97. The summed E-state index contributed by atoms with van der Waals surface area (Å²) in [5.41, 5.74) is 7.57. The second kappa shape index (κ2) is 4.61. The van der Waals surface area contributed by atoms with Gasteiger partial charge in [-0.3, -0.25) is 0 Å². The lowest BCUT2D eigenvalue weighted by Crippen LogP contribution is -2.01. The molecule has 0 unspecified atom stereocenters. The molecule has 15 heavy (non-hydrogen) atoms. The molecule has 1 aromatic carbocycles. The second-order valence-corrected chi connectivity index (χ2v) is 4.30. The van der Waals surface area contributed by atoms with Crippen molar-refractivity contribution in [1.29, 1.82) is 0 Å². The number of thiazole rings is 1. The Bertz CT molecular complexity index is 442. The van der Waals surface area contributed by atoms with Crippen LogP contribution in [0.5, 0.6) is 0 Å². The molecule has 0 saturated carbocycles. The minimum Gasteiger partial charge on any atom is -0.331 e. The van der Waals surface area contributed by atoms with Crippen LogP contribution in [-0.2, 0) is 6.54 Å². The van der Waals surface area contributed by atoms with Gasteiger partial charge < -0.3 is 11.1 Å². The molecule has 0 aliphatic heterocycles. The Kier molecular flexibility index (Phi) is 3.20. The summed E-state index contributed by atoms with van der Waals surface area (Å²) in [4.78, 5) is 4.14. The van der Waals surface area contributed by atoms with Crippen molar-refractivity contribution in [3.8, 4) is 0 Å². The van der Waals surface area contributed by atoms with Crippen LogP contribution >= 0.6 is 22.9 Å². The molecular weight excluding hydrogens is 230 g/mol. The molecule has 2 rings (SSSR count). The highest BCUT2D eigenvalue weighted by Gasteiger charge is 2.03. The highest BCUT2D eigenvalue weighted by molar-refractivity contribution is 7.13. The monoisotopic (exact) mass is 239 g/mol. The van der Waals surface area contributed by atoms with Crippen molar-refractivity contribution in [1.82, 2.24) is 4.98 Å². The maximum atomic E-state index is 5.92. The summed E-state index contributed by atoms with van der Waals surface area (Å²) >= 11 is 7.45. The van der Waals surface area contributed by atoms with Gasteiger partial charge >= 0.3 is 0 Å². The summed E-state index contributed by atoms with van der Waals surface area (Å²) in [6.07, 6.45) is 1.75. The third-order valence-corrected chi connectivity index (χ3v) is 2.89. The first-order valence-electron chi connectivity index (χ1n) is 4.44. The fraction of sp³-hybridized carbons (Fsp3) is 0.100. The van der Waals surface area contributed by atoms with Gasteiger partial charge in [-0.15, -0.1) is 11.3 Å². The zero-order chi connectivity index (χ0) is 10.7. The van der Waals surface area contributed by atoms with E-state index in [4.69, 9.17) is 17.3 Å². The average molecular weight is 240 g/mol. The Hall–Kier alpha value is -1.10. The third kappa shape index (κ3) is 2.47. The van der Waals surface area contributed by atoms with Crippen molar-refractivity contribution >= 4 is 33.8 Å². The van der Waals surface area contributed by atoms with Crippen LogP contribution in [0.2, 0.25) is 5.02 Å². The van der Waals surface area contributed by atoms with E-state index in [1.807, 2.05) is 23.6 Å². The van der Waals surface area contributed by atoms with Gasteiger partial charge in [0.1, 0.15) is 0 Å². The number of nitrogens with one attached hydrogen (secondary N) is 1. The number of hydrogen-bond acceptors (Lipinski definition) is 4. The molecule has 0 aliphatic rings. The highest BCUT2D eigenvalue weighted by atomic mass is 35.5. The van der Waals surface area contributed by atoms with Crippen LogP contribution in [0.4, 0.5) is 10.8 Å². The molecule has 0 fully saturated rings. The van der Waals surface area contributed by atoms with Crippen LogP contribution < -0.4 is 11.1 Å². The van der Waals surface area contributed by atoms with Gasteiger partial charge in [0.2, 0.25) is 0 Å². The molecule has 0 aliphatic carbocycles. The number of anilines is 2. The van der Waals surface area contributed by atoms with Crippen LogP contribution in [0.1, 0.15) is 5.56 Å². The predicted octanol–water partition coefficient (Wildman–Crippen LogP) is 3.00. The van der Waals surface area contributed by atoms with Crippen LogP contribution in [0, 0.1) is 0 Å². The van der Waals surface area contributed by atoms with Crippen molar-refractivity contribution in [2.24, 2.45) is 5.73 Å². The number of nitrogens with two attached hydrogens (primary N) is 1. The van der Waals surface area contributed by atoms with Crippen molar-refractivity contribution in [2.75, 3.05) is 5.32 Å². The number of rotatable bonds is 3. The fourth-order valence-corrected chi connectivity index (χ4v) is 1.96. The maximum absolute atomic E-state index is 5.92. The predicted molar refractivity (Wildman–Crippen MR) is 64.7 cm³/mol. The lowest BCUT2D eigenvalue weighted by atomic mass is 10.2. The van der Waals surface area contributed by atoms with Gasteiger partial charge in [-0.1, -0.05) is 17.7 Å². The lowest BCUT2D eigenvalue weighted by molar-refractivity contribution is 1.07. The van der Waals surface area contributed by atoms with Crippen molar-refractivity contribution in [2.45, 2.75) is 6.54 Å². The topological polar surface area (TPSA) is 50.9 Å².